The number of aryl methyl sites for hydroxylation is 2. The summed E-state index contributed by atoms with van der Waals surface area (Å²) < 4.78 is 8.35. The van der Waals surface area contributed by atoms with E-state index in [4.69, 9.17) is 4.74 Å². The summed E-state index contributed by atoms with van der Waals surface area (Å²) in [6, 6.07) is 25.7. The van der Waals surface area contributed by atoms with Crippen LogP contribution in [0.2, 0.25) is 0 Å². The van der Waals surface area contributed by atoms with Crippen LogP contribution in [-0.2, 0) is 0 Å². The summed E-state index contributed by atoms with van der Waals surface area (Å²) in [6.07, 6.45) is 1.83. The third kappa shape index (κ3) is 3.17. The minimum atomic E-state index is 0.141. The lowest BCUT2D eigenvalue weighted by Crippen LogP contribution is -1.97. The fourth-order valence-electron chi connectivity index (χ4n) is 4.45. The minimum absolute atomic E-state index is 0.141. The van der Waals surface area contributed by atoms with Crippen molar-refractivity contribution in [3.05, 3.63) is 96.2 Å². The number of para-hydroxylation sites is 2. The summed E-state index contributed by atoms with van der Waals surface area (Å²) in [5.74, 6) is 2.11. The van der Waals surface area contributed by atoms with Crippen molar-refractivity contribution in [2.75, 3.05) is 0 Å². The van der Waals surface area contributed by atoms with Crippen LogP contribution >= 0.6 is 0 Å². The number of hydrogen-bond acceptors (Lipinski definition) is 4. The van der Waals surface area contributed by atoms with Gasteiger partial charge in [0.05, 0.1) is 11.0 Å². The molecule has 0 saturated heterocycles. The molecule has 0 aliphatic rings. The van der Waals surface area contributed by atoms with Crippen LogP contribution in [0.3, 0.4) is 0 Å². The molecule has 0 aliphatic carbocycles. The molecular formula is C28H21N3O2. The van der Waals surface area contributed by atoms with Gasteiger partial charge in [-0.05, 0) is 61.4 Å². The van der Waals surface area contributed by atoms with Crippen LogP contribution in [0.4, 0.5) is 0 Å². The van der Waals surface area contributed by atoms with Crippen LogP contribution in [0.1, 0.15) is 11.1 Å². The van der Waals surface area contributed by atoms with E-state index in [1.54, 1.807) is 6.07 Å². The molecule has 3 aromatic carbocycles. The molecule has 1 N–H and O–H groups in total. The van der Waals surface area contributed by atoms with Crippen LogP contribution in [0.15, 0.2) is 85.1 Å². The Morgan fingerprint density at radius 2 is 1.61 bits per heavy atom. The van der Waals surface area contributed by atoms with E-state index >= 15 is 0 Å². The summed E-state index contributed by atoms with van der Waals surface area (Å²) in [6.45, 7) is 4.05. The van der Waals surface area contributed by atoms with Crippen LogP contribution in [0.5, 0.6) is 17.4 Å². The van der Waals surface area contributed by atoms with E-state index in [0.29, 0.717) is 17.1 Å². The molecule has 0 unspecified atom stereocenters. The van der Waals surface area contributed by atoms with E-state index < -0.39 is 0 Å². The zero-order chi connectivity index (χ0) is 22.5. The monoisotopic (exact) mass is 431 g/mol. The van der Waals surface area contributed by atoms with Gasteiger partial charge in [-0.15, -0.1) is 0 Å². The second-order valence-electron chi connectivity index (χ2n) is 8.28. The number of nitrogens with zero attached hydrogens (tertiary/aromatic N) is 3. The van der Waals surface area contributed by atoms with Crippen molar-refractivity contribution >= 4 is 32.7 Å². The lowest BCUT2D eigenvalue weighted by Gasteiger charge is -2.11. The molecular weight excluding hydrogens is 410 g/mol. The molecule has 33 heavy (non-hydrogen) atoms. The molecule has 0 bridgehead atoms. The molecule has 6 aromatic rings. The van der Waals surface area contributed by atoms with Crippen molar-refractivity contribution in [2.24, 2.45) is 0 Å². The molecule has 0 radical (unpaired) electrons. The van der Waals surface area contributed by atoms with E-state index in [0.717, 1.165) is 44.1 Å². The van der Waals surface area contributed by atoms with Crippen molar-refractivity contribution in [3.8, 4) is 23.2 Å². The standard InChI is InChI=1S/C28H21N3O2/c1-17-12-13-29-26(14-17)31-23-8-4-3-6-21(23)22-11-10-19(16-24(22)31)33-27-15-18(2)20-7-5-9-25(32)28(20)30-27/h3-16,32H,1-2H3. The minimum Gasteiger partial charge on any atom is -0.506 e. The van der Waals surface area contributed by atoms with Gasteiger partial charge < -0.3 is 9.84 Å². The number of phenolic OH excluding ortho intramolecular Hbond substituents is 1. The molecule has 160 valence electrons. The largest absolute Gasteiger partial charge is 0.506 e. The van der Waals surface area contributed by atoms with E-state index in [1.807, 2.05) is 55.6 Å². The van der Waals surface area contributed by atoms with Gasteiger partial charge in [-0.25, -0.2) is 9.97 Å². The van der Waals surface area contributed by atoms with E-state index in [1.165, 1.54) is 0 Å². The number of aromatic hydroxyl groups is 1. The summed E-state index contributed by atoms with van der Waals surface area (Å²) >= 11 is 0. The third-order valence-corrected chi connectivity index (χ3v) is 6.00. The second kappa shape index (κ2) is 7.35. The van der Waals surface area contributed by atoms with E-state index in [-0.39, 0.29) is 5.75 Å². The Balaban J connectivity index is 1.53. The zero-order valence-corrected chi connectivity index (χ0v) is 18.3. The van der Waals surface area contributed by atoms with Gasteiger partial charge in [0.2, 0.25) is 5.88 Å². The zero-order valence-electron chi connectivity index (χ0n) is 18.3. The molecule has 0 atom stereocenters. The first kappa shape index (κ1) is 19.3. The molecule has 5 heteroatoms. The number of fused-ring (bicyclic) bond motifs is 4. The first-order valence-corrected chi connectivity index (χ1v) is 10.8. The van der Waals surface area contributed by atoms with Crippen LogP contribution in [0.25, 0.3) is 38.5 Å². The number of benzene rings is 3. The van der Waals surface area contributed by atoms with Crippen molar-refractivity contribution < 1.29 is 9.84 Å². The van der Waals surface area contributed by atoms with Gasteiger partial charge in [0.25, 0.3) is 0 Å². The maximum Gasteiger partial charge on any atom is 0.220 e. The Labute approximate surface area is 190 Å². The van der Waals surface area contributed by atoms with Gasteiger partial charge in [-0.3, -0.25) is 4.57 Å². The number of pyridine rings is 2. The second-order valence-corrected chi connectivity index (χ2v) is 8.28. The highest BCUT2D eigenvalue weighted by Gasteiger charge is 2.15. The summed E-state index contributed by atoms with van der Waals surface area (Å²) in [5.41, 5.74) is 4.77. The number of phenols is 1. The topological polar surface area (TPSA) is 60.2 Å². The van der Waals surface area contributed by atoms with E-state index in [9.17, 15) is 5.11 Å². The Hall–Kier alpha value is -4.38. The fraction of sp³-hybridized carbons (Fsp3) is 0.0714. The fourth-order valence-corrected chi connectivity index (χ4v) is 4.45. The van der Waals surface area contributed by atoms with Crippen LogP contribution < -0.4 is 4.74 Å². The van der Waals surface area contributed by atoms with Gasteiger partial charge in [-0.1, -0.05) is 30.3 Å². The Bertz CT molecular complexity index is 1680. The normalized spacial score (nSPS) is 11.5. The van der Waals surface area contributed by atoms with Gasteiger partial charge in [0, 0.05) is 34.5 Å². The number of aromatic nitrogens is 3. The predicted octanol–water partition coefficient (Wildman–Crippen LogP) is 6.84. The summed E-state index contributed by atoms with van der Waals surface area (Å²) in [5, 5.41) is 13.5. The molecule has 0 spiro atoms. The maximum absolute atomic E-state index is 10.3. The molecule has 0 aliphatic heterocycles. The predicted molar refractivity (Wildman–Crippen MR) is 132 cm³/mol. The summed E-state index contributed by atoms with van der Waals surface area (Å²) in [4.78, 5) is 9.19. The van der Waals surface area contributed by atoms with Gasteiger partial charge in [-0.2, -0.15) is 0 Å². The first-order chi connectivity index (χ1) is 16.1. The Morgan fingerprint density at radius 3 is 2.48 bits per heavy atom. The Morgan fingerprint density at radius 1 is 0.788 bits per heavy atom. The number of ether oxygens (including phenoxy) is 1. The van der Waals surface area contributed by atoms with Crippen molar-refractivity contribution in [2.45, 2.75) is 13.8 Å². The van der Waals surface area contributed by atoms with Crippen molar-refractivity contribution in [1.82, 2.24) is 14.5 Å². The molecule has 5 nitrogen and oxygen atoms in total. The number of rotatable bonds is 3. The van der Waals surface area contributed by atoms with Crippen LogP contribution in [0, 0.1) is 13.8 Å². The smallest absolute Gasteiger partial charge is 0.220 e. The molecule has 0 saturated carbocycles. The maximum atomic E-state index is 10.3. The molecule has 3 heterocycles. The van der Waals surface area contributed by atoms with Crippen molar-refractivity contribution in [3.63, 3.8) is 0 Å². The van der Waals surface area contributed by atoms with Gasteiger partial charge >= 0.3 is 0 Å². The SMILES string of the molecule is Cc1ccnc(-n2c3ccccc3c3ccc(Oc4cc(C)c5cccc(O)c5n4)cc32)c1. The lowest BCUT2D eigenvalue weighted by molar-refractivity contribution is 0.460. The third-order valence-electron chi connectivity index (χ3n) is 6.00. The first-order valence-electron chi connectivity index (χ1n) is 10.8. The number of hydrogen-bond donors (Lipinski definition) is 1. The summed E-state index contributed by atoms with van der Waals surface area (Å²) in [7, 11) is 0. The van der Waals surface area contributed by atoms with Crippen molar-refractivity contribution in [1.29, 1.82) is 0 Å². The average molecular weight is 431 g/mol. The molecule has 0 amide bonds. The van der Waals surface area contributed by atoms with Crippen LogP contribution in [-0.4, -0.2) is 19.6 Å². The molecule has 3 aromatic heterocycles. The molecule has 0 fully saturated rings. The highest BCUT2D eigenvalue weighted by Crippen LogP contribution is 2.35. The average Bonchev–Trinajstić information content (AvgIpc) is 3.13. The quantitative estimate of drug-likeness (QED) is 0.333. The van der Waals surface area contributed by atoms with Gasteiger partial charge in [0.1, 0.15) is 22.8 Å². The van der Waals surface area contributed by atoms with E-state index in [2.05, 4.69) is 51.8 Å². The highest BCUT2D eigenvalue weighted by atomic mass is 16.5. The Kier molecular flexibility index (Phi) is 4.30. The lowest BCUT2D eigenvalue weighted by atomic mass is 10.1. The van der Waals surface area contributed by atoms with Gasteiger partial charge in [0.15, 0.2) is 0 Å². The highest BCUT2D eigenvalue weighted by molar-refractivity contribution is 6.09. The molecule has 6 rings (SSSR count).